The van der Waals surface area contributed by atoms with E-state index in [9.17, 15) is 9.90 Å². The highest BCUT2D eigenvalue weighted by Crippen LogP contribution is 2.24. The fraction of sp³-hybridized carbons (Fsp3) is 0.857. The summed E-state index contributed by atoms with van der Waals surface area (Å²) in [6.45, 7) is 2.27. The normalized spacial score (nSPS) is 46.1. The molecule has 0 aliphatic carbocycles. The van der Waals surface area contributed by atoms with Gasteiger partial charge in [-0.2, -0.15) is 0 Å². The van der Waals surface area contributed by atoms with Gasteiger partial charge in [0, 0.05) is 12.5 Å². The van der Waals surface area contributed by atoms with Gasteiger partial charge in [-0.15, -0.1) is 0 Å². The third kappa shape index (κ3) is 0.777. The van der Waals surface area contributed by atoms with Crippen LogP contribution in [0.3, 0.4) is 0 Å². The highest BCUT2D eigenvalue weighted by atomic mass is 16.3. The van der Waals surface area contributed by atoms with Crippen molar-refractivity contribution in [1.29, 1.82) is 0 Å². The maximum absolute atomic E-state index is 11.1. The smallest absolute Gasteiger partial charge is 0.152 e. The van der Waals surface area contributed by atoms with Crippen LogP contribution in [0.15, 0.2) is 0 Å². The quantitative estimate of drug-likeness (QED) is 0.482. The Bertz CT molecular complexity index is 169. The molecular weight excluding hydrogens is 130 g/mol. The van der Waals surface area contributed by atoms with Crippen molar-refractivity contribution < 1.29 is 9.90 Å². The van der Waals surface area contributed by atoms with Gasteiger partial charge in [-0.1, -0.05) is 0 Å². The molecular formula is C7H11NO2. The van der Waals surface area contributed by atoms with Crippen molar-refractivity contribution in [2.45, 2.75) is 12.5 Å². The predicted molar refractivity (Wildman–Crippen MR) is 35.6 cm³/mol. The summed E-state index contributed by atoms with van der Waals surface area (Å²) in [6.07, 6.45) is 0.481. The number of hydrogen-bond acceptors (Lipinski definition) is 3. The van der Waals surface area contributed by atoms with Crippen LogP contribution >= 0.6 is 0 Å². The first-order chi connectivity index (χ1) is 4.77. The Morgan fingerprint density at radius 2 is 2.40 bits per heavy atom. The fourth-order valence-electron chi connectivity index (χ4n) is 1.85. The van der Waals surface area contributed by atoms with Gasteiger partial charge in [-0.05, 0) is 13.0 Å². The molecule has 1 N–H and O–H groups in total. The molecule has 0 radical (unpaired) electrons. The molecule has 3 heteroatoms. The van der Waals surface area contributed by atoms with Gasteiger partial charge in [-0.3, -0.25) is 9.69 Å². The topological polar surface area (TPSA) is 40.5 Å². The second-order valence-corrected chi connectivity index (χ2v) is 3.16. The van der Waals surface area contributed by atoms with Crippen molar-refractivity contribution in [1.82, 2.24) is 4.90 Å². The molecule has 0 aromatic rings. The minimum atomic E-state index is -0.380. The summed E-state index contributed by atoms with van der Waals surface area (Å²) in [5, 5.41) is 9.31. The lowest BCUT2D eigenvalue weighted by atomic mass is 9.85. The zero-order valence-electron chi connectivity index (χ0n) is 5.79. The average molecular weight is 141 g/mol. The van der Waals surface area contributed by atoms with E-state index in [1.54, 1.807) is 0 Å². The number of aliphatic hydroxyl groups is 1. The van der Waals surface area contributed by atoms with Gasteiger partial charge in [0.15, 0.2) is 5.78 Å². The molecule has 0 aromatic carbocycles. The van der Waals surface area contributed by atoms with Gasteiger partial charge < -0.3 is 5.11 Å². The molecule has 3 aliphatic heterocycles. The second-order valence-electron chi connectivity index (χ2n) is 3.16. The largest absolute Gasteiger partial charge is 0.391 e. The molecule has 3 heterocycles. The fourth-order valence-corrected chi connectivity index (χ4v) is 1.85. The van der Waals surface area contributed by atoms with Gasteiger partial charge in [-0.25, -0.2) is 0 Å². The number of carbonyl (C=O) groups excluding carboxylic acids is 1. The summed E-state index contributed by atoms with van der Waals surface area (Å²) in [7, 11) is 0. The number of rotatable bonds is 0. The van der Waals surface area contributed by atoms with Crippen molar-refractivity contribution in [3.8, 4) is 0 Å². The number of piperidine rings is 3. The number of fused-ring (bicyclic) bond motifs is 3. The SMILES string of the molecule is O=C1CN2CCC1C(O)C2. The number of aliphatic hydroxyl groups excluding tert-OH is 1. The lowest BCUT2D eigenvalue weighted by Gasteiger charge is -2.40. The van der Waals surface area contributed by atoms with E-state index in [1.807, 2.05) is 4.90 Å². The van der Waals surface area contributed by atoms with Crippen LogP contribution in [-0.4, -0.2) is 41.5 Å². The van der Waals surface area contributed by atoms with Gasteiger partial charge in [0.05, 0.1) is 12.6 Å². The number of ketones is 1. The maximum Gasteiger partial charge on any atom is 0.152 e. The highest BCUT2D eigenvalue weighted by molar-refractivity contribution is 5.85. The van der Waals surface area contributed by atoms with Gasteiger partial charge in [0.25, 0.3) is 0 Å². The van der Waals surface area contributed by atoms with Crippen molar-refractivity contribution in [2.24, 2.45) is 5.92 Å². The van der Waals surface area contributed by atoms with Crippen LogP contribution in [0.1, 0.15) is 6.42 Å². The average Bonchev–Trinajstić information content (AvgIpc) is 1.86. The van der Waals surface area contributed by atoms with E-state index in [4.69, 9.17) is 0 Å². The second kappa shape index (κ2) is 2.04. The van der Waals surface area contributed by atoms with Crippen molar-refractivity contribution in [2.75, 3.05) is 19.6 Å². The van der Waals surface area contributed by atoms with Gasteiger partial charge in [0.1, 0.15) is 0 Å². The van der Waals surface area contributed by atoms with Crippen LogP contribution in [0.2, 0.25) is 0 Å². The van der Waals surface area contributed by atoms with E-state index < -0.39 is 0 Å². The van der Waals surface area contributed by atoms with Crippen molar-refractivity contribution in [3.63, 3.8) is 0 Å². The molecule has 0 amide bonds. The number of nitrogens with zero attached hydrogens (tertiary/aromatic N) is 1. The van der Waals surface area contributed by atoms with Crippen molar-refractivity contribution >= 4 is 5.78 Å². The third-order valence-corrected chi connectivity index (χ3v) is 2.46. The lowest BCUT2D eigenvalue weighted by Crippen LogP contribution is -2.55. The molecule has 2 bridgehead atoms. The van der Waals surface area contributed by atoms with E-state index in [2.05, 4.69) is 0 Å². The Morgan fingerprint density at radius 3 is 2.80 bits per heavy atom. The molecule has 3 atom stereocenters. The van der Waals surface area contributed by atoms with E-state index in [1.165, 1.54) is 0 Å². The van der Waals surface area contributed by atoms with Crippen LogP contribution in [0.5, 0.6) is 0 Å². The number of carbonyl (C=O) groups is 1. The van der Waals surface area contributed by atoms with E-state index in [0.717, 1.165) is 13.0 Å². The predicted octanol–water partition coefficient (Wildman–Crippen LogP) is -0.748. The number of hydrogen-bond donors (Lipinski definition) is 1. The molecule has 3 rings (SSSR count). The summed E-state index contributed by atoms with van der Waals surface area (Å²) in [4.78, 5) is 13.1. The molecule has 3 nitrogen and oxygen atoms in total. The minimum absolute atomic E-state index is 0.0370. The Morgan fingerprint density at radius 1 is 1.60 bits per heavy atom. The van der Waals surface area contributed by atoms with Crippen LogP contribution in [0.4, 0.5) is 0 Å². The highest BCUT2D eigenvalue weighted by Gasteiger charge is 2.38. The lowest BCUT2D eigenvalue weighted by molar-refractivity contribution is -0.138. The van der Waals surface area contributed by atoms with E-state index in [-0.39, 0.29) is 17.8 Å². The number of Topliss-reactive ketones (excluding diaryl/α,β-unsaturated/α-hetero) is 1. The standard InChI is InChI=1S/C7H11NO2/c9-6-3-8-2-1-5(6)7(10)4-8/h5-6,9H,1-4H2. The molecule has 3 saturated heterocycles. The van der Waals surface area contributed by atoms with Crippen LogP contribution in [-0.2, 0) is 4.79 Å². The first-order valence-corrected chi connectivity index (χ1v) is 3.70. The Balaban J connectivity index is 2.18. The molecule has 0 spiro atoms. The summed E-state index contributed by atoms with van der Waals surface area (Å²) in [6, 6.07) is 0. The van der Waals surface area contributed by atoms with E-state index >= 15 is 0 Å². The van der Waals surface area contributed by atoms with Crippen molar-refractivity contribution in [3.05, 3.63) is 0 Å². The zero-order valence-corrected chi connectivity index (χ0v) is 5.79. The molecule has 0 saturated carbocycles. The Kier molecular flexibility index (Phi) is 1.28. The first-order valence-electron chi connectivity index (χ1n) is 3.70. The summed E-state index contributed by atoms with van der Waals surface area (Å²) < 4.78 is 0. The molecule has 56 valence electrons. The maximum atomic E-state index is 11.1. The van der Waals surface area contributed by atoms with Gasteiger partial charge in [0.2, 0.25) is 0 Å². The minimum Gasteiger partial charge on any atom is -0.391 e. The molecule has 3 fully saturated rings. The molecule has 3 unspecified atom stereocenters. The van der Waals surface area contributed by atoms with Crippen LogP contribution in [0.25, 0.3) is 0 Å². The summed E-state index contributed by atoms with van der Waals surface area (Å²) >= 11 is 0. The summed E-state index contributed by atoms with van der Waals surface area (Å²) in [5.41, 5.74) is 0. The Hall–Kier alpha value is -0.410. The molecule has 3 aliphatic rings. The van der Waals surface area contributed by atoms with Gasteiger partial charge >= 0.3 is 0 Å². The molecule has 0 aromatic heterocycles. The molecule has 10 heavy (non-hydrogen) atoms. The van der Waals surface area contributed by atoms with E-state index in [0.29, 0.717) is 13.1 Å². The summed E-state index contributed by atoms with van der Waals surface area (Å²) in [5.74, 6) is 0.190. The van der Waals surface area contributed by atoms with Crippen LogP contribution in [0, 0.1) is 5.92 Å². The monoisotopic (exact) mass is 141 g/mol. The Labute approximate surface area is 59.6 Å². The zero-order chi connectivity index (χ0) is 7.14. The third-order valence-electron chi connectivity index (χ3n) is 2.46. The van der Waals surface area contributed by atoms with Crippen LogP contribution < -0.4 is 0 Å². The first kappa shape index (κ1) is 6.31.